The van der Waals surface area contributed by atoms with Gasteiger partial charge in [-0.3, -0.25) is 4.72 Å². The van der Waals surface area contributed by atoms with Gasteiger partial charge in [0.1, 0.15) is 5.75 Å². The Morgan fingerprint density at radius 1 is 1.03 bits per heavy atom. The number of nitrogens with zero attached hydrogens (tertiary/aromatic N) is 1. The van der Waals surface area contributed by atoms with E-state index < -0.39 is 10.0 Å². The molecule has 29 heavy (non-hydrogen) atoms. The standard InChI is InChI=1S/C22H29N3O3S/c1-28-21-14-8-17(9-15-21)16-23-22(25-29(2,26)27)24-20-12-10-19(11-13-20)18-6-4-3-5-7-18/h3-9,14-15,19-20H,10-13,16H2,1-2H3,(H2,23,24,25). The molecule has 7 heteroatoms. The molecule has 0 amide bonds. The summed E-state index contributed by atoms with van der Waals surface area (Å²) in [4.78, 5) is 4.48. The SMILES string of the molecule is COc1ccc(CN=C(NC2CCC(c3ccccc3)CC2)NS(C)(=O)=O)cc1. The van der Waals surface area contributed by atoms with Crippen LogP contribution < -0.4 is 14.8 Å². The van der Waals surface area contributed by atoms with Crippen LogP contribution in [0.15, 0.2) is 59.6 Å². The smallest absolute Gasteiger partial charge is 0.232 e. The van der Waals surface area contributed by atoms with Crippen LogP contribution in [0, 0.1) is 0 Å². The molecule has 3 rings (SSSR count). The molecule has 1 aliphatic carbocycles. The Morgan fingerprint density at radius 3 is 2.28 bits per heavy atom. The van der Waals surface area contributed by atoms with Crippen molar-refractivity contribution in [2.75, 3.05) is 13.4 Å². The fourth-order valence-electron chi connectivity index (χ4n) is 3.67. The van der Waals surface area contributed by atoms with Crippen LogP contribution >= 0.6 is 0 Å². The molecule has 0 saturated heterocycles. The summed E-state index contributed by atoms with van der Waals surface area (Å²) in [6, 6.07) is 18.4. The van der Waals surface area contributed by atoms with Crippen molar-refractivity contribution in [1.82, 2.24) is 10.0 Å². The Morgan fingerprint density at radius 2 is 1.69 bits per heavy atom. The lowest BCUT2D eigenvalue weighted by molar-refractivity contribution is 0.372. The second kappa shape index (κ2) is 9.78. The lowest BCUT2D eigenvalue weighted by atomic mass is 9.82. The molecule has 156 valence electrons. The van der Waals surface area contributed by atoms with E-state index in [9.17, 15) is 8.42 Å². The third-order valence-electron chi connectivity index (χ3n) is 5.20. The number of benzene rings is 2. The molecular formula is C22H29N3O3S. The van der Waals surface area contributed by atoms with E-state index in [0.717, 1.165) is 43.3 Å². The molecule has 0 aliphatic heterocycles. The van der Waals surface area contributed by atoms with Gasteiger partial charge in [0.25, 0.3) is 0 Å². The predicted molar refractivity (Wildman–Crippen MR) is 117 cm³/mol. The Hall–Kier alpha value is -2.54. The molecule has 1 saturated carbocycles. The molecule has 0 aromatic heterocycles. The Balaban J connectivity index is 1.61. The van der Waals surface area contributed by atoms with E-state index in [0.29, 0.717) is 18.4 Å². The van der Waals surface area contributed by atoms with E-state index >= 15 is 0 Å². The molecule has 6 nitrogen and oxygen atoms in total. The van der Waals surface area contributed by atoms with E-state index in [1.165, 1.54) is 5.56 Å². The zero-order chi connectivity index (χ0) is 20.7. The molecule has 2 aromatic rings. The molecule has 2 N–H and O–H groups in total. The lowest BCUT2D eigenvalue weighted by Gasteiger charge is -2.30. The minimum atomic E-state index is -3.41. The maximum absolute atomic E-state index is 11.8. The van der Waals surface area contributed by atoms with Crippen LogP contribution in [0.25, 0.3) is 0 Å². The van der Waals surface area contributed by atoms with Crippen molar-refractivity contribution in [1.29, 1.82) is 0 Å². The first-order chi connectivity index (χ1) is 13.9. The van der Waals surface area contributed by atoms with Gasteiger partial charge >= 0.3 is 0 Å². The number of ether oxygens (including phenoxy) is 1. The van der Waals surface area contributed by atoms with Crippen molar-refractivity contribution in [3.05, 3.63) is 65.7 Å². The van der Waals surface area contributed by atoms with Crippen LogP contribution in [0.4, 0.5) is 0 Å². The highest BCUT2D eigenvalue weighted by atomic mass is 32.2. The van der Waals surface area contributed by atoms with Crippen LogP contribution in [0.2, 0.25) is 0 Å². The van der Waals surface area contributed by atoms with Crippen molar-refractivity contribution in [3.8, 4) is 5.75 Å². The van der Waals surface area contributed by atoms with Gasteiger partial charge in [0, 0.05) is 6.04 Å². The zero-order valence-electron chi connectivity index (χ0n) is 17.0. The van der Waals surface area contributed by atoms with Gasteiger partial charge in [-0.1, -0.05) is 42.5 Å². The van der Waals surface area contributed by atoms with E-state index in [1.54, 1.807) is 7.11 Å². The summed E-state index contributed by atoms with van der Waals surface area (Å²) >= 11 is 0. The van der Waals surface area contributed by atoms with Crippen molar-refractivity contribution in [2.45, 2.75) is 44.2 Å². The monoisotopic (exact) mass is 415 g/mol. The van der Waals surface area contributed by atoms with Gasteiger partial charge in [-0.2, -0.15) is 0 Å². The van der Waals surface area contributed by atoms with E-state index in [2.05, 4.69) is 39.3 Å². The summed E-state index contributed by atoms with van der Waals surface area (Å²) in [5, 5.41) is 3.31. The Labute approximate surface area is 173 Å². The maximum atomic E-state index is 11.8. The maximum Gasteiger partial charge on any atom is 0.232 e. The lowest BCUT2D eigenvalue weighted by Crippen LogP contribution is -2.46. The second-order valence-electron chi connectivity index (χ2n) is 7.49. The van der Waals surface area contributed by atoms with Crippen LogP contribution in [-0.2, 0) is 16.6 Å². The number of rotatable bonds is 6. The van der Waals surface area contributed by atoms with Gasteiger partial charge in [-0.05, 0) is 54.9 Å². The number of nitrogens with one attached hydrogen (secondary N) is 2. The number of hydrogen-bond acceptors (Lipinski definition) is 4. The minimum Gasteiger partial charge on any atom is -0.497 e. The first kappa shape index (κ1) is 21.2. The molecule has 0 heterocycles. The highest BCUT2D eigenvalue weighted by Crippen LogP contribution is 2.32. The largest absolute Gasteiger partial charge is 0.497 e. The van der Waals surface area contributed by atoms with Crippen LogP contribution in [0.5, 0.6) is 5.75 Å². The van der Waals surface area contributed by atoms with Gasteiger partial charge in [-0.25, -0.2) is 13.4 Å². The van der Waals surface area contributed by atoms with E-state index in [-0.39, 0.29) is 6.04 Å². The molecule has 0 atom stereocenters. The van der Waals surface area contributed by atoms with Gasteiger partial charge in [0.15, 0.2) is 0 Å². The topological polar surface area (TPSA) is 79.8 Å². The molecule has 0 unspecified atom stereocenters. The minimum absolute atomic E-state index is 0.207. The first-order valence-electron chi connectivity index (χ1n) is 9.89. The van der Waals surface area contributed by atoms with Crippen LogP contribution in [0.3, 0.4) is 0 Å². The van der Waals surface area contributed by atoms with Crippen molar-refractivity contribution < 1.29 is 13.2 Å². The van der Waals surface area contributed by atoms with Gasteiger partial charge < -0.3 is 10.1 Å². The number of sulfonamides is 1. The zero-order valence-corrected chi connectivity index (χ0v) is 17.8. The van der Waals surface area contributed by atoms with Crippen molar-refractivity contribution >= 4 is 16.0 Å². The summed E-state index contributed by atoms with van der Waals surface area (Å²) in [6.07, 6.45) is 5.25. The summed E-state index contributed by atoms with van der Waals surface area (Å²) in [5.74, 6) is 1.66. The van der Waals surface area contributed by atoms with E-state index in [4.69, 9.17) is 4.74 Å². The third kappa shape index (κ3) is 6.78. The molecule has 2 aromatic carbocycles. The average Bonchev–Trinajstić information content (AvgIpc) is 2.72. The summed E-state index contributed by atoms with van der Waals surface area (Å²) in [5.41, 5.74) is 2.36. The second-order valence-corrected chi connectivity index (χ2v) is 9.24. The summed E-state index contributed by atoms with van der Waals surface area (Å²) in [7, 11) is -1.78. The van der Waals surface area contributed by atoms with Crippen LogP contribution in [0.1, 0.15) is 42.7 Å². The van der Waals surface area contributed by atoms with Gasteiger partial charge in [-0.15, -0.1) is 0 Å². The van der Waals surface area contributed by atoms with E-state index in [1.807, 2.05) is 30.3 Å². The van der Waals surface area contributed by atoms with Crippen molar-refractivity contribution in [2.24, 2.45) is 4.99 Å². The molecule has 1 fully saturated rings. The number of hydrogen-bond donors (Lipinski definition) is 2. The summed E-state index contributed by atoms with van der Waals surface area (Å²) < 4.78 is 31.2. The quantitative estimate of drug-likeness (QED) is 0.560. The number of methoxy groups -OCH3 is 1. The normalized spacial score (nSPS) is 20.1. The first-order valence-corrected chi connectivity index (χ1v) is 11.8. The van der Waals surface area contributed by atoms with Crippen LogP contribution in [-0.4, -0.2) is 33.8 Å². The average molecular weight is 416 g/mol. The van der Waals surface area contributed by atoms with Gasteiger partial charge in [0.2, 0.25) is 16.0 Å². The Bertz CT molecular complexity index is 904. The fourth-order valence-corrected chi connectivity index (χ4v) is 4.15. The van der Waals surface area contributed by atoms with Crippen molar-refractivity contribution in [3.63, 3.8) is 0 Å². The fraction of sp³-hybridized carbons (Fsp3) is 0.409. The highest BCUT2D eigenvalue weighted by molar-refractivity contribution is 7.89. The number of aliphatic imine (C=N–C) groups is 1. The molecule has 0 bridgehead atoms. The summed E-state index contributed by atoms with van der Waals surface area (Å²) in [6.45, 7) is 0.383. The molecular weight excluding hydrogens is 386 g/mol. The predicted octanol–water partition coefficient (Wildman–Crippen LogP) is 3.42. The third-order valence-corrected chi connectivity index (χ3v) is 5.76. The van der Waals surface area contributed by atoms with Gasteiger partial charge in [0.05, 0.1) is 19.9 Å². The molecule has 1 aliphatic rings. The molecule has 0 radical (unpaired) electrons. The molecule has 0 spiro atoms. The Kier molecular flexibility index (Phi) is 7.14. The highest BCUT2D eigenvalue weighted by Gasteiger charge is 2.23. The number of guanidine groups is 1.